The van der Waals surface area contributed by atoms with Gasteiger partial charge in [-0.15, -0.1) is 0 Å². The van der Waals surface area contributed by atoms with Gasteiger partial charge < -0.3 is 10.1 Å². The topological polar surface area (TPSA) is 59.9 Å². The van der Waals surface area contributed by atoms with E-state index in [1.54, 1.807) is 6.92 Å². The molecule has 0 atom stereocenters. The molecule has 0 saturated carbocycles. The first kappa shape index (κ1) is 23.3. The lowest BCUT2D eigenvalue weighted by Gasteiger charge is -2.14. The van der Waals surface area contributed by atoms with Crippen LogP contribution >= 0.6 is 0 Å². The molecule has 0 bridgehead atoms. The van der Waals surface area contributed by atoms with Crippen LogP contribution in [0.4, 0.5) is 37.7 Å². The molecule has 1 aromatic carbocycles. The molecule has 0 aliphatic heterocycles. The third-order valence-electron chi connectivity index (χ3n) is 4.79. The zero-order valence-electron chi connectivity index (χ0n) is 17.5. The van der Waals surface area contributed by atoms with Crippen LogP contribution in [0.2, 0.25) is 0 Å². The minimum atomic E-state index is -4.63. The summed E-state index contributed by atoms with van der Waals surface area (Å²) in [5.74, 6) is 0.145. The van der Waals surface area contributed by atoms with Crippen molar-refractivity contribution in [3.8, 4) is 17.3 Å². The number of nitrogens with one attached hydrogen (secondary N) is 1. The number of nitrogens with zero attached hydrogens (tertiary/aromatic N) is 3. The van der Waals surface area contributed by atoms with Gasteiger partial charge in [-0.25, -0.2) is 4.98 Å². The lowest BCUT2D eigenvalue weighted by molar-refractivity contribution is -0.138. The third-order valence-corrected chi connectivity index (χ3v) is 4.79. The smallest absolute Gasteiger partial charge is 0.418 e. The number of benzene rings is 1. The van der Waals surface area contributed by atoms with E-state index in [-0.39, 0.29) is 29.5 Å². The molecule has 0 unspecified atom stereocenters. The van der Waals surface area contributed by atoms with Crippen LogP contribution in [0.25, 0.3) is 22.4 Å². The number of aromatic nitrogens is 3. The first-order chi connectivity index (χ1) is 16.1. The molecule has 4 rings (SSSR count). The molecule has 0 radical (unpaired) electrons. The quantitative estimate of drug-likeness (QED) is 0.317. The van der Waals surface area contributed by atoms with Crippen molar-refractivity contribution in [1.82, 2.24) is 15.0 Å². The average molecular weight is 478 g/mol. The van der Waals surface area contributed by atoms with Crippen molar-refractivity contribution in [3.05, 3.63) is 71.9 Å². The van der Waals surface area contributed by atoms with Gasteiger partial charge in [0.1, 0.15) is 5.69 Å². The highest BCUT2D eigenvalue weighted by molar-refractivity contribution is 5.92. The number of alkyl halides is 6. The number of fused-ring (bicyclic) bond motifs is 1. The molecule has 0 spiro atoms. The molecule has 11 heteroatoms. The van der Waals surface area contributed by atoms with E-state index >= 15 is 0 Å². The number of anilines is 2. The summed E-state index contributed by atoms with van der Waals surface area (Å²) in [5, 5.41) is 3.42. The molecular formula is C23H16F6N4O. The summed E-state index contributed by atoms with van der Waals surface area (Å²) in [5.41, 5.74) is -1.28. The highest BCUT2D eigenvalue weighted by Gasteiger charge is 2.34. The Balaban J connectivity index is 1.79. The summed E-state index contributed by atoms with van der Waals surface area (Å²) >= 11 is 0. The second kappa shape index (κ2) is 8.81. The maximum Gasteiger partial charge on any atom is 0.418 e. The Morgan fingerprint density at radius 3 is 2.26 bits per heavy atom. The van der Waals surface area contributed by atoms with Gasteiger partial charge in [0.25, 0.3) is 0 Å². The summed E-state index contributed by atoms with van der Waals surface area (Å²) in [6, 6.07) is 10.9. The fourth-order valence-electron chi connectivity index (χ4n) is 3.28. The van der Waals surface area contributed by atoms with E-state index in [2.05, 4.69) is 20.3 Å². The van der Waals surface area contributed by atoms with E-state index in [9.17, 15) is 26.3 Å². The lowest BCUT2D eigenvalue weighted by atomic mass is 10.1. The van der Waals surface area contributed by atoms with Gasteiger partial charge in [-0.05, 0) is 55.5 Å². The molecule has 1 N–H and O–H groups in total. The molecule has 0 saturated heterocycles. The van der Waals surface area contributed by atoms with Crippen LogP contribution in [-0.4, -0.2) is 21.6 Å². The predicted molar refractivity (Wildman–Crippen MR) is 114 cm³/mol. The predicted octanol–water partition coefficient (Wildman–Crippen LogP) is 6.87. The molecule has 3 aromatic heterocycles. The van der Waals surface area contributed by atoms with Crippen molar-refractivity contribution in [1.29, 1.82) is 0 Å². The van der Waals surface area contributed by atoms with E-state index in [0.29, 0.717) is 16.8 Å². The fraction of sp³-hybridized carbons (Fsp3) is 0.174. The number of hydrogen-bond acceptors (Lipinski definition) is 5. The fourth-order valence-corrected chi connectivity index (χ4v) is 3.28. The maximum absolute atomic E-state index is 13.4. The summed E-state index contributed by atoms with van der Waals surface area (Å²) in [4.78, 5) is 12.4. The Morgan fingerprint density at radius 1 is 0.882 bits per heavy atom. The number of rotatable bonds is 5. The second-order valence-electron chi connectivity index (χ2n) is 7.11. The van der Waals surface area contributed by atoms with Crippen molar-refractivity contribution < 1.29 is 31.1 Å². The van der Waals surface area contributed by atoms with Crippen molar-refractivity contribution in [2.45, 2.75) is 19.3 Å². The normalized spacial score (nSPS) is 12.1. The van der Waals surface area contributed by atoms with Gasteiger partial charge in [-0.3, -0.25) is 4.98 Å². The number of ether oxygens (including phenoxy) is 1. The standard InChI is InChI=1S/C23H16F6N4O/c1-2-34-19-12-18(31-14-7-5-13(6-8-14)22(24,25)26)15-9-10-17(32-21(15)33-19)20-16(23(27,28)29)4-3-11-30-20/h3-12H,2H2,1H3,(H,31,32,33). The van der Waals surface area contributed by atoms with Gasteiger partial charge in [-0.1, -0.05) is 0 Å². The Hall–Kier alpha value is -3.89. The van der Waals surface area contributed by atoms with Crippen molar-refractivity contribution in [2.75, 3.05) is 11.9 Å². The molecular weight excluding hydrogens is 462 g/mol. The molecule has 176 valence electrons. The highest BCUT2D eigenvalue weighted by Crippen LogP contribution is 2.37. The molecule has 3 heterocycles. The minimum Gasteiger partial charge on any atom is -0.478 e. The van der Waals surface area contributed by atoms with E-state index in [0.717, 1.165) is 18.2 Å². The number of hydrogen-bond donors (Lipinski definition) is 1. The van der Waals surface area contributed by atoms with Gasteiger partial charge in [0.15, 0.2) is 5.65 Å². The van der Waals surface area contributed by atoms with Crippen LogP contribution in [0.15, 0.2) is 60.8 Å². The van der Waals surface area contributed by atoms with Crippen molar-refractivity contribution >= 4 is 22.4 Å². The highest BCUT2D eigenvalue weighted by atomic mass is 19.4. The zero-order chi connectivity index (χ0) is 24.5. The van der Waals surface area contributed by atoms with Crippen LogP contribution in [-0.2, 0) is 12.4 Å². The Kier molecular flexibility index (Phi) is 6.03. The average Bonchev–Trinajstić information content (AvgIpc) is 2.78. The Labute approximate surface area is 189 Å². The molecule has 0 fully saturated rings. The van der Waals surface area contributed by atoms with Crippen LogP contribution < -0.4 is 10.1 Å². The van der Waals surface area contributed by atoms with Gasteiger partial charge in [-0.2, -0.15) is 31.3 Å². The van der Waals surface area contributed by atoms with Crippen molar-refractivity contribution in [2.24, 2.45) is 0 Å². The maximum atomic E-state index is 13.4. The van der Waals surface area contributed by atoms with Gasteiger partial charge in [0.2, 0.25) is 5.88 Å². The zero-order valence-corrected chi connectivity index (χ0v) is 17.5. The number of pyridine rings is 3. The summed E-state index contributed by atoms with van der Waals surface area (Å²) in [6.07, 6.45) is -7.86. The first-order valence-corrected chi connectivity index (χ1v) is 9.97. The van der Waals surface area contributed by atoms with Crippen molar-refractivity contribution in [3.63, 3.8) is 0 Å². The monoisotopic (exact) mass is 478 g/mol. The molecule has 0 aliphatic rings. The Bertz CT molecular complexity index is 1320. The van der Waals surface area contributed by atoms with Gasteiger partial charge in [0, 0.05) is 23.3 Å². The van der Waals surface area contributed by atoms with Crippen LogP contribution in [0.1, 0.15) is 18.1 Å². The molecule has 34 heavy (non-hydrogen) atoms. The summed E-state index contributed by atoms with van der Waals surface area (Å²) in [6.45, 7) is 1.98. The van der Waals surface area contributed by atoms with E-state index < -0.39 is 23.5 Å². The second-order valence-corrected chi connectivity index (χ2v) is 7.11. The molecule has 4 aromatic rings. The van der Waals surface area contributed by atoms with E-state index in [4.69, 9.17) is 4.74 Å². The number of halogens is 6. The molecule has 0 aliphatic carbocycles. The largest absolute Gasteiger partial charge is 0.478 e. The van der Waals surface area contributed by atoms with Crippen LogP contribution in [0.3, 0.4) is 0 Å². The third kappa shape index (κ3) is 4.87. The minimum absolute atomic E-state index is 0.0398. The van der Waals surface area contributed by atoms with Crippen LogP contribution in [0, 0.1) is 0 Å². The lowest BCUT2D eigenvalue weighted by Crippen LogP contribution is -2.09. The van der Waals surface area contributed by atoms with Crippen LogP contribution in [0.5, 0.6) is 5.88 Å². The SMILES string of the molecule is CCOc1cc(Nc2ccc(C(F)(F)F)cc2)c2ccc(-c3ncccc3C(F)(F)F)nc2n1. The first-order valence-electron chi connectivity index (χ1n) is 9.97. The summed E-state index contributed by atoms with van der Waals surface area (Å²) < 4.78 is 84.3. The summed E-state index contributed by atoms with van der Waals surface area (Å²) in [7, 11) is 0. The molecule has 5 nitrogen and oxygen atoms in total. The van der Waals surface area contributed by atoms with Gasteiger partial charge >= 0.3 is 12.4 Å². The van der Waals surface area contributed by atoms with E-state index in [1.165, 1.54) is 42.6 Å². The Morgan fingerprint density at radius 2 is 1.62 bits per heavy atom. The van der Waals surface area contributed by atoms with Gasteiger partial charge in [0.05, 0.1) is 29.1 Å². The molecule has 0 amide bonds. The van der Waals surface area contributed by atoms with E-state index in [1.807, 2.05) is 0 Å².